The van der Waals surface area contributed by atoms with Gasteiger partial charge < -0.3 is 15.7 Å². The molecule has 1 amide bonds. The number of carbonyl (C=O) groups excluding carboxylic acids is 1. The van der Waals surface area contributed by atoms with Crippen LogP contribution in [-0.2, 0) is 9.59 Å². The molecule has 5 heteroatoms. The van der Waals surface area contributed by atoms with Crippen LogP contribution in [0.3, 0.4) is 0 Å². The van der Waals surface area contributed by atoms with Gasteiger partial charge in [-0.2, -0.15) is 0 Å². The number of nitrogens with one attached hydrogen (secondary N) is 2. The van der Waals surface area contributed by atoms with Crippen molar-refractivity contribution in [2.75, 3.05) is 19.6 Å². The van der Waals surface area contributed by atoms with Gasteiger partial charge in [0.15, 0.2) is 0 Å². The maximum Gasteiger partial charge on any atom is 0.303 e. The van der Waals surface area contributed by atoms with Crippen LogP contribution >= 0.6 is 0 Å². The fourth-order valence-electron chi connectivity index (χ4n) is 2.30. The summed E-state index contributed by atoms with van der Waals surface area (Å²) in [6.07, 6.45) is 1.70. The Morgan fingerprint density at radius 1 is 1.32 bits per heavy atom. The Hall–Kier alpha value is -1.10. The van der Waals surface area contributed by atoms with E-state index in [1.54, 1.807) is 0 Å². The lowest BCUT2D eigenvalue weighted by Gasteiger charge is -2.31. The van der Waals surface area contributed by atoms with Gasteiger partial charge in [0.25, 0.3) is 0 Å². The second kappa shape index (κ2) is 6.89. The third-order valence-corrected chi connectivity index (χ3v) is 3.88. The van der Waals surface area contributed by atoms with Crippen LogP contribution in [0.1, 0.15) is 40.0 Å². The van der Waals surface area contributed by atoms with Gasteiger partial charge in [-0.1, -0.05) is 20.8 Å². The minimum atomic E-state index is -0.751. The van der Waals surface area contributed by atoms with Gasteiger partial charge in [0.1, 0.15) is 0 Å². The Morgan fingerprint density at radius 2 is 1.95 bits per heavy atom. The van der Waals surface area contributed by atoms with Gasteiger partial charge in [-0.3, -0.25) is 9.59 Å². The molecule has 1 aliphatic rings. The van der Waals surface area contributed by atoms with Gasteiger partial charge in [0.05, 0.1) is 5.92 Å². The molecule has 0 aromatic rings. The van der Waals surface area contributed by atoms with Crippen LogP contribution in [0.15, 0.2) is 0 Å². The number of carbonyl (C=O) groups is 2. The molecule has 1 unspecified atom stereocenters. The maximum atomic E-state index is 11.7. The van der Waals surface area contributed by atoms with Gasteiger partial charge in [-0.05, 0) is 24.2 Å². The molecule has 0 bridgehead atoms. The molecule has 0 aromatic heterocycles. The predicted molar refractivity (Wildman–Crippen MR) is 73.8 cm³/mol. The maximum absolute atomic E-state index is 11.7. The zero-order valence-electron chi connectivity index (χ0n) is 12.2. The normalized spacial score (nSPS) is 17.6. The van der Waals surface area contributed by atoms with E-state index in [-0.39, 0.29) is 23.7 Å². The van der Waals surface area contributed by atoms with Gasteiger partial charge in [0, 0.05) is 26.1 Å². The lowest BCUT2D eigenvalue weighted by Crippen LogP contribution is -2.51. The van der Waals surface area contributed by atoms with E-state index < -0.39 is 5.97 Å². The van der Waals surface area contributed by atoms with Crippen LogP contribution in [-0.4, -0.2) is 36.6 Å². The minimum Gasteiger partial charge on any atom is -0.481 e. The van der Waals surface area contributed by atoms with Gasteiger partial charge >= 0.3 is 5.97 Å². The van der Waals surface area contributed by atoms with Crippen molar-refractivity contribution in [1.29, 1.82) is 0 Å². The van der Waals surface area contributed by atoms with E-state index in [1.807, 2.05) is 0 Å². The average Bonchev–Trinajstić information content (AvgIpc) is 2.18. The molecule has 1 fully saturated rings. The van der Waals surface area contributed by atoms with Crippen LogP contribution < -0.4 is 10.6 Å². The molecule has 0 aliphatic carbocycles. The highest BCUT2D eigenvalue weighted by atomic mass is 16.4. The number of hydrogen-bond acceptors (Lipinski definition) is 3. The zero-order valence-corrected chi connectivity index (χ0v) is 12.2. The molecule has 1 saturated heterocycles. The fraction of sp³-hybridized carbons (Fsp3) is 0.857. The third-order valence-electron chi connectivity index (χ3n) is 3.88. The van der Waals surface area contributed by atoms with E-state index in [2.05, 4.69) is 31.4 Å². The lowest BCUT2D eigenvalue weighted by atomic mass is 9.76. The Balaban J connectivity index is 2.31. The summed E-state index contributed by atoms with van der Waals surface area (Å²) in [6.45, 7) is 8.55. The Morgan fingerprint density at radius 3 is 2.37 bits per heavy atom. The van der Waals surface area contributed by atoms with Crippen LogP contribution in [0.4, 0.5) is 0 Å². The molecule has 0 saturated carbocycles. The monoisotopic (exact) mass is 270 g/mol. The summed E-state index contributed by atoms with van der Waals surface area (Å²) in [5.41, 5.74) is 0.0677. The van der Waals surface area contributed by atoms with Crippen LogP contribution in [0.25, 0.3) is 0 Å². The summed E-state index contributed by atoms with van der Waals surface area (Å²) in [4.78, 5) is 22.3. The number of rotatable bonds is 7. The van der Waals surface area contributed by atoms with Gasteiger partial charge in [-0.15, -0.1) is 0 Å². The quantitative estimate of drug-likeness (QED) is 0.650. The van der Waals surface area contributed by atoms with E-state index in [9.17, 15) is 9.59 Å². The summed E-state index contributed by atoms with van der Waals surface area (Å²) in [5.74, 6) is -0.209. The number of hydrogen-bond donors (Lipinski definition) is 3. The molecule has 1 rings (SSSR count). The number of carboxylic acid groups (broad SMARTS) is 1. The highest BCUT2D eigenvalue weighted by molar-refractivity contribution is 5.79. The van der Waals surface area contributed by atoms with Crippen molar-refractivity contribution in [3.8, 4) is 0 Å². The van der Waals surface area contributed by atoms with Crippen molar-refractivity contribution in [2.24, 2.45) is 17.3 Å². The minimum absolute atomic E-state index is 0.0677. The highest BCUT2D eigenvalue weighted by Gasteiger charge is 2.27. The molecule has 0 spiro atoms. The van der Waals surface area contributed by atoms with Gasteiger partial charge in [-0.25, -0.2) is 0 Å². The largest absolute Gasteiger partial charge is 0.481 e. The molecule has 5 nitrogen and oxygen atoms in total. The van der Waals surface area contributed by atoms with Crippen molar-refractivity contribution < 1.29 is 14.7 Å². The lowest BCUT2D eigenvalue weighted by molar-refractivity contribution is -0.137. The molecule has 110 valence electrons. The van der Waals surface area contributed by atoms with Crippen molar-refractivity contribution >= 4 is 11.9 Å². The van der Waals surface area contributed by atoms with E-state index in [0.717, 1.165) is 19.5 Å². The molecular weight excluding hydrogens is 244 g/mol. The Bertz CT molecular complexity index is 319. The second-order valence-corrected chi connectivity index (χ2v) is 6.43. The summed E-state index contributed by atoms with van der Waals surface area (Å²) < 4.78 is 0. The summed E-state index contributed by atoms with van der Waals surface area (Å²) >= 11 is 0. The average molecular weight is 270 g/mol. The summed E-state index contributed by atoms with van der Waals surface area (Å²) in [5, 5.41) is 14.8. The Kier molecular flexibility index (Phi) is 5.79. The highest BCUT2D eigenvalue weighted by Crippen LogP contribution is 2.32. The van der Waals surface area contributed by atoms with Crippen molar-refractivity contribution in [3.63, 3.8) is 0 Å². The first-order valence-electron chi connectivity index (χ1n) is 7.01. The molecule has 1 aliphatic heterocycles. The van der Waals surface area contributed by atoms with Crippen molar-refractivity contribution in [1.82, 2.24) is 10.6 Å². The topological polar surface area (TPSA) is 78.4 Å². The third kappa shape index (κ3) is 5.59. The standard InChI is InChI=1S/C14H26N2O3/c1-14(2,3)11(4-5-12(17)18)6-7-16-13(19)10-8-15-9-10/h10-11,15H,4-9H2,1-3H3,(H,16,19)(H,17,18). The predicted octanol–water partition coefficient (Wildman–Crippen LogP) is 1.24. The van der Waals surface area contributed by atoms with Crippen LogP contribution in [0.2, 0.25) is 0 Å². The van der Waals surface area contributed by atoms with E-state index >= 15 is 0 Å². The molecule has 0 aromatic carbocycles. The molecule has 3 N–H and O–H groups in total. The van der Waals surface area contributed by atoms with Crippen LogP contribution in [0.5, 0.6) is 0 Å². The van der Waals surface area contributed by atoms with Crippen LogP contribution in [0, 0.1) is 17.3 Å². The number of carboxylic acids is 1. The fourth-order valence-corrected chi connectivity index (χ4v) is 2.30. The Labute approximate surface area is 115 Å². The summed E-state index contributed by atoms with van der Waals surface area (Å²) in [7, 11) is 0. The van der Waals surface area contributed by atoms with Crippen molar-refractivity contribution in [3.05, 3.63) is 0 Å². The number of aliphatic carboxylic acids is 1. The van der Waals surface area contributed by atoms with E-state index in [4.69, 9.17) is 5.11 Å². The molecule has 19 heavy (non-hydrogen) atoms. The first-order valence-corrected chi connectivity index (χ1v) is 7.01. The molecule has 1 atom stereocenters. The summed E-state index contributed by atoms with van der Waals surface area (Å²) in [6, 6.07) is 0. The van der Waals surface area contributed by atoms with E-state index in [0.29, 0.717) is 18.9 Å². The zero-order chi connectivity index (χ0) is 14.5. The molecule has 0 radical (unpaired) electrons. The SMILES string of the molecule is CC(C)(C)C(CCNC(=O)C1CNC1)CCC(=O)O. The van der Waals surface area contributed by atoms with Crippen molar-refractivity contribution in [2.45, 2.75) is 40.0 Å². The first kappa shape index (κ1) is 16.0. The van der Waals surface area contributed by atoms with Gasteiger partial charge in [0.2, 0.25) is 5.91 Å². The van der Waals surface area contributed by atoms with E-state index in [1.165, 1.54) is 0 Å². The number of amides is 1. The smallest absolute Gasteiger partial charge is 0.303 e. The molecule has 1 heterocycles. The molecular formula is C14H26N2O3. The first-order chi connectivity index (χ1) is 8.80. The second-order valence-electron chi connectivity index (χ2n) is 6.43.